The summed E-state index contributed by atoms with van der Waals surface area (Å²) in [4.78, 5) is 37.6. The highest BCUT2D eigenvalue weighted by molar-refractivity contribution is 6.76. The molecule has 1 aliphatic heterocycles. The molecule has 0 N–H and O–H groups in total. The number of non-ortho nitro benzene ring substituents is 1. The number of ether oxygens (including phenoxy) is 2. The average Bonchev–Trinajstić information content (AvgIpc) is 3.37. The maximum Gasteiger partial charge on any atom is 0.410 e. The minimum absolute atomic E-state index is 0.0628. The Labute approximate surface area is 177 Å². The van der Waals surface area contributed by atoms with Crippen LogP contribution in [0.15, 0.2) is 24.3 Å². The van der Waals surface area contributed by atoms with E-state index >= 15 is 0 Å². The quantitative estimate of drug-likeness (QED) is 0.206. The van der Waals surface area contributed by atoms with E-state index in [9.17, 15) is 19.7 Å². The van der Waals surface area contributed by atoms with Crippen LogP contribution in [0.4, 0.5) is 10.5 Å². The van der Waals surface area contributed by atoms with Gasteiger partial charge in [-0.3, -0.25) is 14.9 Å². The van der Waals surface area contributed by atoms with E-state index in [1.54, 1.807) is 4.90 Å². The highest BCUT2D eigenvalue weighted by Gasteiger charge is 2.72. The van der Waals surface area contributed by atoms with Crippen LogP contribution in [-0.4, -0.2) is 49.2 Å². The summed E-state index contributed by atoms with van der Waals surface area (Å²) in [6.07, 6.45) is 2.12. The molecule has 0 bridgehead atoms. The van der Waals surface area contributed by atoms with Crippen LogP contribution in [0, 0.1) is 21.4 Å². The molecule has 164 valence electrons. The molecule has 0 unspecified atom stereocenters. The Morgan fingerprint density at radius 3 is 2.50 bits per heavy atom. The summed E-state index contributed by atoms with van der Waals surface area (Å²) in [5.41, 5.74) is -0.333. The molecule has 1 amide bonds. The van der Waals surface area contributed by atoms with Crippen molar-refractivity contribution < 1.29 is 24.0 Å². The fraction of sp³-hybridized carbons (Fsp3) is 0.619. The molecule has 3 rings (SSSR count). The Bertz CT molecular complexity index is 822. The van der Waals surface area contributed by atoms with Gasteiger partial charge in [-0.1, -0.05) is 26.6 Å². The molecule has 3 atom stereocenters. The molecule has 1 heterocycles. The number of likely N-dealkylation sites (tertiary alicyclic amines) is 1. The van der Waals surface area contributed by atoms with Gasteiger partial charge in [0.2, 0.25) is 0 Å². The number of hydrogen-bond donors (Lipinski definition) is 0. The lowest BCUT2D eigenvalue weighted by Crippen LogP contribution is -2.41. The highest BCUT2D eigenvalue weighted by atomic mass is 28.3. The summed E-state index contributed by atoms with van der Waals surface area (Å²) in [5.74, 6) is -0.521. The van der Waals surface area contributed by atoms with E-state index in [-0.39, 0.29) is 29.0 Å². The summed E-state index contributed by atoms with van der Waals surface area (Å²) in [6, 6.07) is 6.15. The zero-order valence-electron chi connectivity index (χ0n) is 18.1. The maximum absolute atomic E-state index is 12.9. The second-order valence-corrected chi connectivity index (χ2v) is 15.0. The molecule has 1 aliphatic carbocycles. The number of hydrogen-bond acceptors (Lipinski definition) is 6. The molecule has 0 spiro atoms. The van der Waals surface area contributed by atoms with Gasteiger partial charge in [-0.05, 0) is 37.4 Å². The van der Waals surface area contributed by atoms with Crippen molar-refractivity contribution in [3.8, 4) is 5.75 Å². The van der Waals surface area contributed by atoms with Crippen molar-refractivity contribution in [3.05, 3.63) is 34.4 Å². The van der Waals surface area contributed by atoms with Crippen LogP contribution < -0.4 is 4.74 Å². The van der Waals surface area contributed by atoms with Gasteiger partial charge in [0.25, 0.3) is 5.69 Å². The number of fused-ring (bicyclic) bond motifs is 1. The summed E-state index contributed by atoms with van der Waals surface area (Å²) in [6.45, 7) is 9.72. The van der Waals surface area contributed by atoms with Gasteiger partial charge in [0.05, 0.1) is 23.5 Å². The third kappa shape index (κ3) is 4.50. The number of esters is 1. The van der Waals surface area contributed by atoms with E-state index in [0.29, 0.717) is 13.2 Å². The molecular weight excluding hydrogens is 404 g/mol. The summed E-state index contributed by atoms with van der Waals surface area (Å²) in [7, 11) is -1.30. The normalized spacial score (nSPS) is 25.3. The molecule has 30 heavy (non-hydrogen) atoms. The summed E-state index contributed by atoms with van der Waals surface area (Å²) in [5, 5.41) is 10.8. The topological polar surface area (TPSA) is 99.0 Å². The monoisotopic (exact) mass is 434 g/mol. The van der Waals surface area contributed by atoms with E-state index in [2.05, 4.69) is 19.6 Å². The molecule has 1 aromatic rings. The van der Waals surface area contributed by atoms with Crippen LogP contribution in [0.3, 0.4) is 0 Å². The predicted molar refractivity (Wildman–Crippen MR) is 114 cm³/mol. The number of piperidine rings is 1. The molecule has 2 fully saturated rings. The van der Waals surface area contributed by atoms with Gasteiger partial charge < -0.3 is 14.4 Å². The molecule has 9 heteroatoms. The van der Waals surface area contributed by atoms with Gasteiger partial charge in [0.1, 0.15) is 5.75 Å². The number of nitrogens with zero attached hydrogens (tertiary/aromatic N) is 2. The molecule has 2 aliphatic rings. The lowest BCUT2D eigenvalue weighted by Gasteiger charge is -2.30. The highest BCUT2D eigenvalue weighted by Crippen LogP contribution is 2.63. The van der Waals surface area contributed by atoms with E-state index in [0.717, 1.165) is 25.3 Å². The predicted octanol–water partition coefficient (Wildman–Crippen LogP) is 4.47. The first kappa shape index (κ1) is 22.3. The van der Waals surface area contributed by atoms with Gasteiger partial charge in [0.15, 0.2) is 0 Å². The Kier molecular flexibility index (Phi) is 6.21. The molecule has 0 aromatic heterocycles. The standard InChI is InChI=1S/C21H30N2O6Si/c1-5-21-11-6-12-22(20(25)28-13-14-30(2,3)4)18(21)17(21)19(24)29-16-9-7-15(8-10-16)23(26)27/h7-10,17-18H,5-6,11-14H2,1-4H3/t17-,18+,21-/m1/s1. The Morgan fingerprint density at radius 1 is 1.27 bits per heavy atom. The number of nitro groups is 1. The van der Waals surface area contributed by atoms with Crippen LogP contribution in [0.1, 0.15) is 26.2 Å². The Hall–Kier alpha value is -2.42. The minimum atomic E-state index is -1.30. The molecule has 1 saturated carbocycles. The molecule has 0 radical (unpaired) electrons. The fourth-order valence-corrected chi connectivity index (χ4v) is 5.21. The van der Waals surface area contributed by atoms with E-state index in [4.69, 9.17) is 9.47 Å². The van der Waals surface area contributed by atoms with E-state index in [1.807, 2.05) is 6.92 Å². The van der Waals surface area contributed by atoms with Crippen LogP contribution in [-0.2, 0) is 9.53 Å². The lowest BCUT2D eigenvalue weighted by molar-refractivity contribution is -0.384. The van der Waals surface area contributed by atoms with Gasteiger partial charge in [0, 0.05) is 32.2 Å². The van der Waals surface area contributed by atoms with E-state index < -0.39 is 24.9 Å². The lowest BCUT2D eigenvalue weighted by atomic mass is 9.91. The molecule has 8 nitrogen and oxygen atoms in total. The summed E-state index contributed by atoms with van der Waals surface area (Å²) < 4.78 is 11.0. The van der Waals surface area contributed by atoms with Crippen molar-refractivity contribution in [2.45, 2.75) is 57.9 Å². The molecule has 1 saturated heterocycles. The van der Waals surface area contributed by atoms with Crippen molar-refractivity contribution in [2.75, 3.05) is 13.2 Å². The van der Waals surface area contributed by atoms with Gasteiger partial charge in [-0.2, -0.15) is 0 Å². The average molecular weight is 435 g/mol. The van der Waals surface area contributed by atoms with Crippen molar-refractivity contribution in [3.63, 3.8) is 0 Å². The SMILES string of the molecule is CC[C@]12CCCN(C(=O)OCC[Si](C)(C)C)[C@H]1[C@@H]2C(=O)Oc1ccc([N+](=O)[O-])cc1. The van der Waals surface area contributed by atoms with Crippen molar-refractivity contribution >= 4 is 25.8 Å². The third-order valence-electron chi connectivity index (χ3n) is 6.28. The first-order valence-electron chi connectivity index (χ1n) is 10.5. The fourth-order valence-electron chi connectivity index (χ4n) is 4.50. The molecule has 1 aromatic carbocycles. The smallest absolute Gasteiger partial charge is 0.410 e. The van der Waals surface area contributed by atoms with Crippen LogP contribution in [0.2, 0.25) is 25.7 Å². The van der Waals surface area contributed by atoms with Crippen LogP contribution >= 0.6 is 0 Å². The number of benzene rings is 1. The Balaban J connectivity index is 1.66. The van der Waals surface area contributed by atoms with Crippen molar-refractivity contribution in [2.24, 2.45) is 11.3 Å². The van der Waals surface area contributed by atoms with Crippen LogP contribution in [0.25, 0.3) is 0 Å². The number of carbonyl (C=O) groups is 2. The third-order valence-corrected chi connectivity index (χ3v) is 7.99. The zero-order chi connectivity index (χ0) is 22.1. The van der Waals surface area contributed by atoms with Crippen molar-refractivity contribution in [1.29, 1.82) is 0 Å². The largest absolute Gasteiger partial charge is 0.450 e. The number of nitro benzene ring substituents is 1. The minimum Gasteiger partial charge on any atom is -0.450 e. The van der Waals surface area contributed by atoms with Gasteiger partial charge in [-0.15, -0.1) is 0 Å². The molecular formula is C21H30N2O6Si. The van der Waals surface area contributed by atoms with Gasteiger partial charge in [-0.25, -0.2) is 4.79 Å². The second kappa shape index (κ2) is 8.37. The van der Waals surface area contributed by atoms with Crippen LogP contribution in [0.5, 0.6) is 5.75 Å². The second-order valence-electron chi connectivity index (χ2n) is 9.40. The van der Waals surface area contributed by atoms with E-state index in [1.165, 1.54) is 24.3 Å². The van der Waals surface area contributed by atoms with Crippen molar-refractivity contribution in [1.82, 2.24) is 4.90 Å². The summed E-state index contributed by atoms with van der Waals surface area (Å²) >= 11 is 0. The number of rotatable bonds is 7. The number of carbonyl (C=O) groups excluding carboxylic acids is 2. The first-order valence-corrected chi connectivity index (χ1v) is 14.2. The Morgan fingerprint density at radius 2 is 1.93 bits per heavy atom. The number of amides is 1. The maximum atomic E-state index is 12.9. The first-order chi connectivity index (χ1) is 14.1. The zero-order valence-corrected chi connectivity index (χ0v) is 19.1. The van der Waals surface area contributed by atoms with Gasteiger partial charge >= 0.3 is 12.1 Å².